The van der Waals surface area contributed by atoms with E-state index < -0.39 is 48.8 Å². The van der Waals surface area contributed by atoms with Gasteiger partial charge in [0.1, 0.15) is 5.56 Å². The summed E-state index contributed by atoms with van der Waals surface area (Å²) in [6, 6.07) is 0.494. The highest BCUT2D eigenvalue weighted by Crippen LogP contribution is 2.42. The average molecular weight is 611 g/mol. The van der Waals surface area contributed by atoms with Crippen molar-refractivity contribution >= 4 is 17.5 Å². The predicted molar refractivity (Wildman–Crippen MR) is 144 cm³/mol. The quantitative estimate of drug-likeness (QED) is 0.256. The van der Waals surface area contributed by atoms with Crippen LogP contribution in [0.4, 0.5) is 22.0 Å². The Morgan fingerprint density at radius 2 is 1.77 bits per heavy atom. The van der Waals surface area contributed by atoms with Gasteiger partial charge in [-0.2, -0.15) is 18.3 Å². The summed E-state index contributed by atoms with van der Waals surface area (Å²) < 4.78 is 72.8. The van der Waals surface area contributed by atoms with E-state index in [1.165, 1.54) is 10.7 Å². The minimum Gasteiger partial charge on any atom is -0.360 e. The first-order valence-electron chi connectivity index (χ1n) is 14.6. The van der Waals surface area contributed by atoms with Crippen molar-refractivity contribution in [3.63, 3.8) is 0 Å². The Kier molecular flexibility index (Phi) is 8.75. The molecule has 3 heterocycles. The molecule has 3 aromatic rings. The molecule has 2 atom stereocenters. The van der Waals surface area contributed by atoms with Crippen LogP contribution < -0.4 is 10.6 Å². The Balaban J connectivity index is 1.41. The largest absolute Gasteiger partial charge is 0.389 e. The number of fused-ring (bicyclic) bond motifs is 1. The number of rotatable bonds is 10. The molecule has 2 amide bonds. The number of amides is 2. The first-order chi connectivity index (χ1) is 20.3. The van der Waals surface area contributed by atoms with Crippen molar-refractivity contribution in [3.05, 3.63) is 47.2 Å². The summed E-state index contributed by atoms with van der Waals surface area (Å²) in [6.07, 6.45) is 0.551. The number of imidazole rings is 1. The summed E-state index contributed by atoms with van der Waals surface area (Å²) >= 11 is 0. The minimum absolute atomic E-state index is 0.0585. The maximum Gasteiger partial charge on any atom is 0.389 e. The van der Waals surface area contributed by atoms with Crippen LogP contribution in [-0.2, 0) is 4.79 Å². The maximum absolute atomic E-state index is 14.0. The van der Waals surface area contributed by atoms with Crippen molar-refractivity contribution < 1.29 is 36.1 Å². The average Bonchev–Trinajstić information content (AvgIpc) is 3.56. The summed E-state index contributed by atoms with van der Waals surface area (Å²) in [5.74, 6) is -3.86. The molecule has 5 rings (SSSR count). The van der Waals surface area contributed by atoms with Gasteiger partial charge in [0, 0.05) is 25.2 Å². The highest BCUT2D eigenvalue weighted by Gasteiger charge is 2.40. The fraction of sp³-hybridized carbons (Fsp3) is 0.621. The zero-order chi connectivity index (χ0) is 30.9. The van der Waals surface area contributed by atoms with Crippen molar-refractivity contribution in [2.24, 2.45) is 11.8 Å². The summed E-state index contributed by atoms with van der Waals surface area (Å²) in [7, 11) is 0. The lowest BCUT2D eigenvalue weighted by Crippen LogP contribution is -2.37. The topological polar surface area (TPSA) is 114 Å². The molecule has 2 aliphatic carbocycles. The van der Waals surface area contributed by atoms with Gasteiger partial charge in [-0.1, -0.05) is 25.4 Å². The number of hydrogen-bond donors (Lipinski definition) is 2. The van der Waals surface area contributed by atoms with Gasteiger partial charge < -0.3 is 15.2 Å². The van der Waals surface area contributed by atoms with Gasteiger partial charge in [0.05, 0.1) is 42.8 Å². The second-order valence-electron chi connectivity index (χ2n) is 12.0. The summed E-state index contributed by atoms with van der Waals surface area (Å²) in [6.45, 7) is 3.72. The third-order valence-corrected chi connectivity index (χ3v) is 8.50. The molecule has 0 bridgehead atoms. The van der Waals surface area contributed by atoms with Crippen LogP contribution in [0.25, 0.3) is 5.65 Å². The summed E-state index contributed by atoms with van der Waals surface area (Å²) in [4.78, 5) is 30.5. The smallest absolute Gasteiger partial charge is 0.360 e. The molecule has 3 aromatic heterocycles. The Labute approximate surface area is 245 Å². The molecular formula is C29H35F5N6O3. The van der Waals surface area contributed by atoms with Crippen molar-refractivity contribution in [1.82, 2.24) is 30.4 Å². The van der Waals surface area contributed by atoms with Crippen LogP contribution in [0.15, 0.2) is 29.2 Å². The molecule has 0 saturated heterocycles. The van der Waals surface area contributed by atoms with E-state index in [1.807, 2.05) is 13.8 Å². The van der Waals surface area contributed by atoms with Gasteiger partial charge in [0.2, 0.25) is 11.8 Å². The summed E-state index contributed by atoms with van der Waals surface area (Å²) in [5, 5.41) is 13.9. The molecule has 0 aromatic carbocycles. The Hall–Kier alpha value is -3.58. The third-order valence-electron chi connectivity index (χ3n) is 8.50. The minimum atomic E-state index is -4.43. The van der Waals surface area contributed by atoms with E-state index in [-0.39, 0.29) is 49.0 Å². The van der Waals surface area contributed by atoms with E-state index in [2.05, 4.69) is 20.9 Å². The van der Waals surface area contributed by atoms with Crippen molar-refractivity contribution in [1.29, 1.82) is 0 Å². The molecule has 2 saturated carbocycles. The molecule has 14 heteroatoms. The van der Waals surface area contributed by atoms with E-state index in [9.17, 15) is 31.5 Å². The van der Waals surface area contributed by atoms with Gasteiger partial charge in [0.15, 0.2) is 11.4 Å². The second-order valence-corrected chi connectivity index (χ2v) is 12.0. The second kappa shape index (κ2) is 12.2. The number of nitrogens with one attached hydrogen (secondary N) is 2. The molecule has 0 spiro atoms. The molecule has 9 nitrogen and oxygen atoms in total. The lowest BCUT2D eigenvalue weighted by Gasteiger charge is -2.34. The number of nitrogens with zero attached hydrogens (tertiary/aromatic N) is 4. The lowest BCUT2D eigenvalue weighted by atomic mass is 9.77. The van der Waals surface area contributed by atoms with Crippen LogP contribution in [0.3, 0.4) is 0 Å². The number of aromatic nitrogens is 4. The Morgan fingerprint density at radius 1 is 1.07 bits per heavy atom. The number of carbonyl (C=O) groups excluding carboxylic acids is 2. The van der Waals surface area contributed by atoms with E-state index in [1.54, 1.807) is 18.5 Å². The van der Waals surface area contributed by atoms with Crippen LogP contribution in [0.5, 0.6) is 0 Å². The summed E-state index contributed by atoms with van der Waals surface area (Å²) in [5.41, 5.74) is 1.70. The molecule has 43 heavy (non-hydrogen) atoms. The lowest BCUT2D eigenvalue weighted by molar-refractivity contribution is -0.144. The standard InChI is InChI=1S/C29H35F5N6O3/c1-16(2)26-20(14-36-43-26)27(42)39-25(18-6-9-28(30,31)10-7-18)21-15-40-22(37-21)12-19(13-35-40)24(17-4-3-5-17)38-23(41)8-11-29(32,33)34/h12-18,24-25H,3-11H2,1-2H3,(H,38,41)(H,39,42)/t24?,25-/m0/s1. The van der Waals surface area contributed by atoms with E-state index in [4.69, 9.17) is 9.51 Å². The highest BCUT2D eigenvalue weighted by atomic mass is 19.4. The van der Waals surface area contributed by atoms with Crippen molar-refractivity contribution in [2.45, 2.75) is 102 Å². The fourth-order valence-electron chi connectivity index (χ4n) is 5.86. The monoisotopic (exact) mass is 610 g/mol. The van der Waals surface area contributed by atoms with Gasteiger partial charge in [-0.3, -0.25) is 9.59 Å². The van der Waals surface area contributed by atoms with Gasteiger partial charge in [-0.15, -0.1) is 0 Å². The van der Waals surface area contributed by atoms with Crippen LogP contribution >= 0.6 is 0 Å². The van der Waals surface area contributed by atoms with Gasteiger partial charge >= 0.3 is 6.18 Å². The van der Waals surface area contributed by atoms with Crippen molar-refractivity contribution in [2.75, 3.05) is 0 Å². The molecule has 2 fully saturated rings. The molecule has 2 aliphatic rings. The number of hydrogen-bond acceptors (Lipinski definition) is 6. The zero-order valence-corrected chi connectivity index (χ0v) is 24.0. The number of halogens is 5. The normalized spacial score (nSPS) is 19.3. The molecule has 234 valence electrons. The molecule has 2 N–H and O–H groups in total. The molecule has 0 radical (unpaired) electrons. The number of alkyl halides is 5. The highest BCUT2D eigenvalue weighted by molar-refractivity contribution is 5.95. The third kappa shape index (κ3) is 7.32. The van der Waals surface area contributed by atoms with Crippen molar-refractivity contribution in [3.8, 4) is 0 Å². The first kappa shape index (κ1) is 30.9. The Morgan fingerprint density at radius 3 is 2.40 bits per heavy atom. The van der Waals surface area contributed by atoms with E-state index in [0.717, 1.165) is 19.3 Å². The SMILES string of the molecule is CC(C)c1oncc1C(=O)N[C@H](c1cn2ncc(C(NC(=O)CCC(F)(F)F)C3CCC3)cc2n1)C1CCC(F)(F)CC1. The van der Waals surface area contributed by atoms with E-state index >= 15 is 0 Å². The van der Waals surface area contributed by atoms with Crippen LogP contribution in [0, 0.1) is 11.8 Å². The molecule has 1 unspecified atom stereocenters. The molecular weight excluding hydrogens is 575 g/mol. The van der Waals surface area contributed by atoms with Gasteiger partial charge in [-0.25, -0.2) is 18.3 Å². The van der Waals surface area contributed by atoms with Gasteiger partial charge in [-0.05, 0) is 49.1 Å². The predicted octanol–water partition coefficient (Wildman–Crippen LogP) is 6.44. The Bertz CT molecular complexity index is 1440. The van der Waals surface area contributed by atoms with Crippen LogP contribution in [-0.4, -0.2) is 43.7 Å². The zero-order valence-electron chi connectivity index (χ0n) is 24.0. The molecule has 0 aliphatic heterocycles. The van der Waals surface area contributed by atoms with Gasteiger partial charge in [0.25, 0.3) is 5.91 Å². The van der Waals surface area contributed by atoms with Crippen LogP contribution in [0.1, 0.15) is 117 Å². The van der Waals surface area contributed by atoms with Crippen LogP contribution in [0.2, 0.25) is 0 Å². The first-order valence-corrected chi connectivity index (χ1v) is 14.6. The number of carbonyl (C=O) groups is 2. The van der Waals surface area contributed by atoms with E-state index in [0.29, 0.717) is 22.7 Å². The fourth-order valence-corrected chi connectivity index (χ4v) is 5.86. The maximum atomic E-state index is 14.0.